The molecule has 5 heteroatoms. The van der Waals surface area contributed by atoms with Crippen LogP contribution in [0.4, 0.5) is 0 Å². The van der Waals surface area contributed by atoms with Crippen LogP contribution in [-0.2, 0) is 4.57 Å². The fraction of sp³-hybridized carbons (Fsp3) is 0.188. The summed E-state index contributed by atoms with van der Waals surface area (Å²) in [6.45, 7) is 1.93. The molecule has 0 radical (unpaired) electrons. The highest BCUT2D eigenvalue weighted by Gasteiger charge is 2.33. The van der Waals surface area contributed by atoms with Gasteiger partial charge in [0.25, 0.3) is 0 Å². The van der Waals surface area contributed by atoms with Gasteiger partial charge in [-0.1, -0.05) is 48.0 Å². The highest BCUT2D eigenvalue weighted by molar-refractivity contribution is 7.66. The van der Waals surface area contributed by atoms with Crippen LogP contribution in [-0.4, -0.2) is 16.3 Å². The van der Waals surface area contributed by atoms with Crippen LogP contribution >= 0.6 is 7.37 Å². The van der Waals surface area contributed by atoms with E-state index in [2.05, 4.69) is 5.16 Å². The SMILES string of the molecule is Cc1ccc(P(=O)(O)C(CC=NO)c2ccccc2)cc1. The molecule has 21 heavy (non-hydrogen) atoms. The van der Waals surface area contributed by atoms with Crippen LogP contribution in [0.1, 0.15) is 23.2 Å². The fourth-order valence-electron chi connectivity index (χ4n) is 2.24. The number of benzene rings is 2. The summed E-state index contributed by atoms with van der Waals surface area (Å²) in [7, 11) is -3.63. The lowest BCUT2D eigenvalue weighted by Crippen LogP contribution is -2.12. The van der Waals surface area contributed by atoms with Gasteiger partial charge in [-0.25, -0.2) is 0 Å². The fourth-order valence-corrected chi connectivity index (χ4v) is 4.13. The summed E-state index contributed by atoms with van der Waals surface area (Å²) in [5.74, 6) is 0. The first-order chi connectivity index (χ1) is 10.1. The van der Waals surface area contributed by atoms with Crippen LogP contribution in [0.2, 0.25) is 0 Å². The van der Waals surface area contributed by atoms with E-state index in [0.29, 0.717) is 5.30 Å². The molecule has 2 N–H and O–H groups in total. The minimum Gasteiger partial charge on any atom is -0.411 e. The molecule has 0 aliphatic heterocycles. The third-order valence-corrected chi connectivity index (χ3v) is 5.81. The van der Waals surface area contributed by atoms with Gasteiger partial charge in [-0.15, -0.1) is 5.16 Å². The third kappa shape index (κ3) is 3.60. The molecule has 2 aromatic rings. The smallest absolute Gasteiger partial charge is 0.237 e. The molecule has 0 spiro atoms. The van der Waals surface area contributed by atoms with E-state index in [4.69, 9.17) is 5.21 Å². The molecule has 2 rings (SSSR count). The first-order valence-electron chi connectivity index (χ1n) is 6.66. The van der Waals surface area contributed by atoms with Gasteiger partial charge in [0.2, 0.25) is 7.37 Å². The molecule has 110 valence electrons. The zero-order chi connectivity index (χ0) is 15.3. The molecule has 0 heterocycles. The van der Waals surface area contributed by atoms with Gasteiger partial charge >= 0.3 is 0 Å². The minimum absolute atomic E-state index is 0.197. The highest BCUT2D eigenvalue weighted by atomic mass is 31.2. The lowest BCUT2D eigenvalue weighted by atomic mass is 10.1. The maximum absolute atomic E-state index is 12.9. The Balaban J connectivity index is 2.44. The molecule has 2 unspecified atom stereocenters. The van der Waals surface area contributed by atoms with E-state index in [1.807, 2.05) is 49.4 Å². The summed E-state index contributed by atoms with van der Waals surface area (Å²) < 4.78 is 12.9. The zero-order valence-corrected chi connectivity index (χ0v) is 12.6. The number of hydrogen-bond donors (Lipinski definition) is 2. The Hall–Kier alpha value is -1.90. The van der Waals surface area contributed by atoms with Crippen molar-refractivity contribution in [1.29, 1.82) is 0 Å². The molecule has 0 aliphatic carbocycles. The van der Waals surface area contributed by atoms with Crippen molar-refractivity contribution >= 4 is 18.9 Å². The molecule has 0 aromatic heterocycles. The quantitative estimate of drug-likeness (QED) is 0.384. The van der Waals surface area contributed by atoms with E-state index in [1.54, 1.807) is 12.1 Å². The monoisotopic (exact) mass is 303 g/mol. The standard InChI is InChI=1S/C16H18NO3P/c1-13-7-9-15(10-8-13)21(19,20)16(11-12-17-18)14-5-3-2-4-6-14/h2-10,12,16,18H,11H2,1H3,(H,19,20). The van der Waals surface area contributed by atoms with E-state index in [-0.39, 0.29) is 6.42 Å². The van der Waals surface area contributed by atoms with Crippen molar-refractivity contribution in [3.63, 3.8) is 0 Å². The van der Waals surface area contributed by atoms with Crippen LogP contribution in [0.5, 0.6) is 0 Å². The molecule has 4 nitrogen and oxygen atoms in total. The van der Waals surface area contributed by atoms with Crippen molar-refractivity contribution in [3.8, 4) is 0 Å². The Kier molecular flexibility index (Phi) is 4.94. The van der Waals surface area contributed by atoms with Gasteiger partial charge in [-0.3, -0.25) is 4.57 Å². The Labute approximate surface area is 124 Å². The van der Waals surface area contributed by atoms with Crippen LogP contribution in [0.3, 0.4) is 0 Å². The summed E-state index contributed by atoms with van der Waals surface area (Å²) >= 11 is 0. The molecule has 0 fully saturated rings. The van der Waals surface area contributed by atoms with Gasteiger partial charge in [0.1, 0.15) is 0 Å². The molecule has 0 saturated carbocycles. The number of aryl methyl sites for hydroxylation is 1. The topological polar surface area (TPSA) is 69.9 Å². The van der Waals surface area contributed by atoms with E-state index in [0.717, 1.165) is 11.1 Å². The van der Waals surface area contributed by atoms with Crippen LogP contribution in [0, 0.1) is 6.92 Å². The molecular formula is C16H18NO3P. The second kappa shape index (κ2) is 6.70. The molecule has 0 saturated heterocycles. The van der Waals surface area contributed by atoms with Crippen molar-refractivity contribution in [2.24, 2.45) is 5.16 Å². The number of hydrogen-bond acceptors (Lipinski definition) is 3. The van der Waals surface area contributed by atoms with Gasteiger partial charge in [0.05, 0.1) is 5.66 Å². The lowest BCUT2D eigenvalue weighted by Gasteiger charge is -2.22. The second-order valence-corrected chi connectivity index (χ2v) is 7.30. The van der Waals surface area contributed by atoms with Crippen LogP contribution in [0.15, 0.2) is 59.8 Å². The lowest BCUT2D eigenvalue weighted by molar-refractivity contribution is 0.320. The summed E-state index contributed by atoms with van der Waals surface area (Å²) in [5, 5.41) is 12.0. The van der Waals surface area contributed by atoms with E-state index >= 15 is 0 Å². The van der Waals surface area contributed by atoms with Crippen molar-refractivity contribution in [2.45, 2.75) is 19.0 Å². The van der Waals surface area contributed by atoms with E-state index in [9.17, 15) is 9.46 Å². The number of nitrogens with zero attached hydrogens (tertiary/aromatic N) is 1. The second-order valence-electron chi connectivity index (χ2n) is 4.92. The predicted octanol–water partition coefficient (Wildman–Crippen LogP) is 3.48. The Morgan fingerprint density at radius 1 is 1.14 bits per heavy atom. The number of rotatable bonds is 5. The molecule has 0 bridgehead atoms. The summed E-state index contributed by atoms with van der Waals surface area (Å²) in [6.07, 6.45) is 1.46. The van der Waals surface area contributed by atoms with Gasteiger partial charge in [0, 0.05) is 17.9 Å². The first-order valence-corrected chi connectivity index (χ1v) is 8.39. The van der Waals surface area contributed by atoms with Gasteiger partial charge in [-0.05, 0) is 24.6 Å². The van der Waals surface area contributed by atoms with Crippen LogP contribution < -0.4 is 5.30 Å². The van der Waals surface area contributed by atoms with Gasteiger partial charge < -0.3 is 10.1 Å². The first kappa shape index (κ1) is 15.5. The molecule has 0 amide bonds. The van der Waals surface area contributed by atoms with Gasteiger partial charge in [-0.2, -0.15) is 0 Å². The Morgan fingerprint density at radius 3 is 2.33 bits per heavy atom. The normalized spacial score (nSPS) is 15.7. The molecule has 2 aromatic carbocycles. The maximum Gasteiger partial charge on any atom is 0.237 e. The van der Waals surface area contributed by atoms with E-state index < -0.39 is 13.0 Å². The molecular weight excluding hydrogens is 285 g/mol. The van der Waals surface area contributed by atoms with Crippen molar-refractivity contribution in [1.82, 2.24) is 0 Å². The van der Waals surface area contributed by atoms with E-state index in [1.165, 1.54) is 6.21 Å². The zero-order valence-electron chi connectivity index (χ0n) is 11.8. The minimum atomic E-state index is -3.63. The van der Waals surface area contributed by atoms with Gasteiger partial charge in [0.15, 0.2) is 0 Å². The largest absolute Gasteiger partial charge is 0.411 e. The maximum atomic E-state index is 12.9. The summed E-state index contributed by atoms with van der Waals surface area (Å²) in [6, 6.07) is 16.1. The average Bonchev–Trinajstić information content (AvgIpc) is 2.49. The average molecular weight is 303 g/mol. The predicted molar refractivity (Wildman–Crippen MR) is 84.7 cm³/mol. The molecule has 0 aliphatic rings. The highest BCUT2D eigenvalue weighted by Crippen LogP contribution is 2.55. The Morgan fingerprint density at radius 2 is 1.76 bits per heavy atom. The number of oxime groups is 1. The third-order valence-electron chi connectivity index (χ3n) is 3.42. The van der Waals surface area contributed by atoms with Crippen molar-refractivity contribution in [3.05, 3.63) is 65.7 Å². The van der Waals surface area contributed by atoms with Crippen molar-refractivity contribution in [2.75, 3.05) is 0 Å². The summed E-state index contributed by atoms with van der Waals surface area (Å²) in [5.41, 5.74) is 1.16. The summed E-state index contributed by atoms with van der Waals surface area (Å²) in [4.78, 5) is 10.6. The van der Waals surface area contributed by atoms with Crippen LogP contribution in [0.25, 0.3) is 0 Å². The molecule has 2 atom stereocenters. The van der Waals surface area contributed by atoms with Crippen molar-refractivity contribution < 1.29 is 14.7 Å². The Bertz CT molecular complexity index is 653.